The van der Waals surface area contributed by atoms with Crippen molar-refractivity contribution in [3.05, 3.63) is 0 Å². The van der Waals surface area contributed by atoms with Crippen molar-refractivity contribution in [3.63, 3.8) is 0 Å². The molecule has 0 aromatic rings. The van der Waals surface area contributed by atoms with Gasteiger partial charge < -0.3 is 20.8 Å². The molecule has 0 aliphatic heterocycles. The van der Waals surface area contributed by atoms with Crippen molar-refractivity contribution in [1.82, 2.24) is 10.6 Å². The highest BCUT2D eigenvalue weighted by atomic mass is 16.4. The second-order valence-electron chi connectivity index (χ2n) is 10.5. The first kappa shape index (κ1) is 28.6. The molecule has 0 saturated heterocycles. The molecule has 0 heterocycles. The van der Waals surface area contributed by atoms with E-state index < -0.39 is 17.9 Å². The van der Waals surface area contributed by atoms with Crippen molar-refractivity contribution in [2.45, 2.75) is 122 Å². The summed E-state index contributed by atoms with van der Waals surface area (Å²) >= 11 is 0. The summed E-state index contributed by atoms with van der Waals surface area (Å²) in [4.78, 5) is 35.0. The number of carboxylic acid groups (broad SMARTS) is 2. The number of carbonyl (C=O) groups is 3. The molecule has 2 fully saturated rings. The van der Waals surface area contributed by atoms with Crippen LogP contribution in [0, 0.1) is 17.8 Å². The monoisotopic (exact) mass is 480 g/mol. The Kier molecular flexibility index (Phi) is 14.2. The molecule has 0 bridgehead atoms. The minimum Gasteiger partial charge on any atom is -0.481 e. The molecule has 196 valence electrons. The molecule has 2 aliphatic carbocycles. The van der Waals surface area contributed by atoms with Gasteiger partial charge in [-0.1, -0.05) is 77.0 Å². The summed E-state index contributed by atoms with van der Waals surface area (Å²) in [5.41, 5.74) is 0. The SMILES string of the molecule is O=C(NCCCCCCCCCCCCN[C@H]1CCCC[C@H]1C(=O)O)[C@H]1CCCC[C@H]1C(=O)O. The molecule has 0 unspecified atom stereocenters. The van der Waals surface area contributed by atoms with Crippen molar-refractivity contribution in [1.29, 1.82) is 0 Å². The highest BCUT2D eigenvalue weighted by Gasteiger charge is 2.35. The van der Waals surface area contributed by atoms with E-state index in [1.807, 2.05) is 0 Å². The van der Waals surface area contributed by atoms with Crippen LogP contribution < -0.4 is 10.6 Å². The largest absolute Gasteiger partial charge is 0.481 e. The zero-order chi connectivity index (χ0) is 24.6. The lowest BCUT2D eigenvalue weighted by atomic mass is 9.78. The Bertz CT molecular complexity index is 612. The van der Waals surface area contributed by atoms with Gasteiger partial charge in [0.2, 0.25) is 5.91 Å². The second kappa shape index (κ2) is 16.9. The molecule has 7 nitrogen and oxygen atoms in total. The minimum atomic E-state index is -0.829. The number of hydrogen-bond acceptors (Lipinski definition) is 4. The van der Waals surface area contributed by atoms with Gasteiger partial charge in [0.15, 0.2) is 0 Å². The number of carboxylic acids is 2. The predicted octanol–water partition coefficient (Wildman–Crippen LogP) is 5.13. The van der Waals surface area contributed by atoms with E-state index in [1.54, 1.807) is 0 Å². The molecule has 1 amide bonds. The Morgan fingerprint density at radius 3 is 1.56 bits per heavy atom. The summed E-state index contributed by atoms with van der Waals surface area (Å²) < 4.78 is 0. The van der Waals surface area contributed by atoms with E-state index >= 15 is 0 Å². The van der Waals surface area contributed by atoms with E-state index in [1.165, 1.54) is 44.9 Å². The molecule has 2 rings (SSSR count). The van der Waals surface area contributed by atoms with Gasteiger partial charge in [-0.15, -0.1) is 0 Å². The zero-order valence-corrected chi connectivity index (χ0v) is 21.1. The van der Waals surface area contributed by atoms with E-state index in [2.05, 4.69) is 10.6 Å². The molecule has 34 heavy (non-hydrogen) atoms. The quantitative estimate of drug-likeness (QED) is 0.215. The van der Waals surface area contributed by atoms with Crippen molar-refractivity contribution < 1.29 is 24.6 Å². The summed E-state index contributed by atoms with van der Waals surface area (Å²) in [6.07, 6.45) is 19.1. The van der Waals surface area contributed by atoms with Crippen LogP contribution in [0.2, 0.25) is 0 Å². The Morgan fingerprint density at radius 2 is 1.00 bits per heavy atom. The minimum absolute atomic E-state index is 0.0669. The van der Waals surface area contributed by atoms with Crippen LogP contribution in [-0.4, -0.2) is 47.2 Å². The number of carbonyl (C=O) groups excluding carboxylic acids is 1. The fraction of sp³-hybridized carbons (Fsp3) is 0.889. The molecule has 0 aromatic heterocycles. The maximum Gasteiger partial charge on any atom is 0.308 e. The highest BCUT2D eigenvalue weighted by Crippen LogP contribution is 2.30. The van der Waals surface area contributed by atoms with E-state index in [4.69, 9.17) is 0 Å². The van der Waals surface area contributed by atoms with Crippen LogP contribution in [0.4, 0.5) is 0 Å². The molecule has 4 N–H and O–H groups in total. The highest BCUT2D eigenvalue weighted by molar-refractivity contribution is 5.84. The van der Waals surface area contributed by atoms with Gasteiger partial charge in [-0.2, -0.15) is 0 Å². The fourth-order valence-electron chi connectivity index (χ4n) is 5.71. The number of nitrogens with one attached hydrogen (secondary N) is 2. The summed E-state index contributed by atoms with van der Waals surface area (Å²) in [6, 6.07) is 0.161. The lowest BCUT2D eigenvalue weighted by Crippen LogP contribution is -2.42. The van der Waals surface area contributed by atoms with E-state index in [-0.39, 0.29) is 23.8 Å². The van der Waals surface area contributed by atoms with Crippen molar-refractivity contribution in [3.8, 4) is 0 Å². The van der Waals surface area contributed by atoms with Crippen LogP contribution in [0.3, 0.4) is 0 Å². The van der Waals surface area contributed by atoms with Gasteiger partial charge in [0.05, 0.1) is 17.8 Å². The van der Waals surface area contributed by atoms with Crippen LogP contribution >= 0.6 is 0 Å². The van der Waals surface area contributed by atoms with Gasteiger partial charge in [0.25, 0.3) is 0 Å². The number of aliphatic carboxylic acids is 2. The first-order valence-corrected chi connectivity index (χ1v) is 14.0. The topological polar surface area (TPSA) is 116 Å². The maximum absolute atomic E-state index is 12.3. The Morgan fingerprint density at radius 1 is 0.559 bits per heavy atom. The van der Waals surface area contributed by atoms with Gasteiger partial charge in [0, 0.05) is 12.6 Å². The van der Waals surface area contributed by atoms with Gasteiger partial charge in [-0.3, -0.25) is 14.4 Å². The molecule has 0 aromatic carbocycles. The van der Waals surface area contributed by atoms with Crippen LogP contribution in [-0.2, 0) is 14.4 Å². The fourth-order valence-corrected chi connectivity index (χ4v) is 5.71. The summed E-state index contributed by atoms with van der Waals surface area (Å²) in [5, 5.41) is 25.1. The second-order valence-corrected chi connectivity index (χ2v) is 10.5. The Hall–Kier alpha value is -1.63. The van der Waals surface area contributed by atoms with Gasteiger partial charge in [-0.05, 0) is 45.1 Å². The van der Waals surface area contributed by atoms with Gasteiger partial charge in [-0.25, -0.2) is 0 Å². The summed E-state index contributed by atoms with van der Waals surface area (Å²) in [7, 11) is 0. The first-order chi connectivity index (χ1) is 16.5. The Labute approximate surface area is 205 Å². The lowest BCUT2D eigenvalue weighted by Gasteiger charge is -2.29. The van der Waals surface area contributed by atoms with Crippen LogP contribution in [0.25, 0.3) is 0 Å². The van der Waals surface area contributed by atoms with Crippen LogP contribution in [0.15, 0.2) is 0 Å². The van der Waals surface area contributed by atoms with Gasteiger partial charge >= 0.3 is 11.9 Å². The maximum atomic E-state index is 12.3. The third-order valence-corrected chi connectivity index (χ3v) is 7.81. The third-order valence-electron chi connectivity index (χ3n) is 7.81. The molecule has 7 heteroatoms. The predicted molar refractivity (Wildman–Crippen MR) is 134 cm³/mol. The molecule has 2 saturated carbocycles. The van der Waals surface area contributed by atoms with E-state index in [9.17, 15) is 24.6 Å². The first-order valence-electron chi connectivity index (χ1n) is 14.0. The molecule has 0 radical (unpaired) electrons. The summed E-state index contributed by atoms with van der Waals surface area (Å²) in [5.74, 6) is -2.60. The van der Waals surface area contributed by atoms with Crippen LogP contribution in [0.1, 0.15) is 116 Å². The van der Waals surface area contributed by atoms with Crippen molar-refractivity contribution in [2.75, 3.05) is 13.1 Å². The molecule has 4 atom stereocenters. The smallest absolute Gasteiger partial charge is 0.308 e. The van der Waals surface area contributed by atoms with Crippen LogP contribution in [0.5, 0.6) is 0 Å². The average Bonchev–Trinajstić information content (AvgIpc) is 2.84. The van der Waals surface area contributed by atoms with E-state index in [0.717, 1.165) is 64.3 Å². The Balaban J connectivity index is 1.36. The van der Waals surface area contributed by atoms with E-state index in [0.29, 0.717) is 19.4 Å². The molecular formula is C27H48N2O5. The van der Waals surface area contributed by atoms with Gasteiger partial charge in [0.1, 0.15) is 0 Å². The number of unbranched alkanes of at least 4 members (excludes halogenated alkanes) is 9. The normalized spacial score (nSPS) is 25.1. The van der Waals surface area contributed by atoms with Crippen molar-refractivity contribution >= 4 is 17.8 Å². The summed E-state index contributed by atoms with van der Waals surface area (Å²) in [6.45, 7) is 1.59. The number of amides is 1. The average molecular weight is 481 g/mol. The molecule has 0 spiro atoms. The zero-order valence-electron chi connectivity index (χ0n) is 21.1. The number of hydrogen-bond donors (Lipinski definition) is 4. The van der Waals surface area contributed by atoms with Crippen molar-refractivity contribution in [2.24, 2.45) is 17.8 Å². The molecule has 2 aliphatic rings. The molecular weight excluding hydrogens is 432 g/mol. The number of rotatable bonds is 17. The standard InChI is InChI=1S/C27H48N2O5/c30-25(21-15-9-10-16-22(21)26(31)32)29-20-14-8-6-4-2-1-3-5-7-13-19-28-24-18-12-11-17-23(24)27(33)34/h21-24,28H,1-20H2,(H,29,30)(H,31,32)(H,33,34)/t21-,22+,23+,24-/m0/s1. The lowest BCUT2D eigenvalue weighted by molar-refractivity contribution is -0.148. The third kappa shape index (κ3) is 10.7.